The molecule has 0 radical (unpaired) electrons. The second kappa shape index (κ2) is 8.31. The molecule has 0 saturated heterocycles. The molecule has 5 nitrogen and oxygen atoms in total. The second-order valence-corrected chi connectivity index (χ2v) is 7.11. The Bertz CT molecular complexity index is 916. The molecule has 0 amide bonds. The molecular weight excluding hydrogens is 351 g/mol. The Morgan fingerprint density at radius 1 is 1.31 bits per heavy atom. The molecule has 0 unspecified atom stereocenters. The summed E-state index contributed by atoms with van der Waals surface area (Å²) in [5.41, 5.74) is 1.61. The fourth-order valence-corrected chi connectivity index (χ4v) is 3.44. The first-order chi connectivity index (χ1) is 12.6. The van der Waals surface area contributed by atoms with E-state index in [2.05, 4.69) is 27.5 Å². The van der Waals surface area contributed by atoms with E-state index in [1.54, 1.807) is 17.4 Å². The van der Waals surface area contributed by atoms with Gasteiger partial charge in [-0.15, -0.1) is 11.3 Å². The number of rotatable bonds is 6. The summed E-state index contributed by atoms with van der Waals surface area (Å²) in [5.74, 6) is 1.18. The second-order valence-electron chi connectivity index (χ2n) is 5.91. The largest absolute Gasteiger partial charge is 0.459 e. The maximum atomic E-state index is 13.4. The Labute approximate surface area is 156 Å². The molecule has 0 aliphatic rings. The zero-order valence-electron chi connectivity index (χ0n) is 15.2. The smallest absolute Gasteiger partial charge is 0.192 e. The summed E-state index contributed by atoms with van der Waals surface area (Å²) in [7, 11) is 0. The third-order valence-corrected chi connectivity index (χ3v) is 5.22. The SMILES string of the molecule is CCNC(=NCc1oc2ccc(F)cc2c1C)NCc1ncc(CC)s1. The van der Waals surface area contributed by atoms with E-state index < -0.39 is 0 Å². The summed E-state index contributed by atoms with van der Waals surface area (Å²) in [6.45, 7) is 7.84. The number of fused-ring (bicyclic) bond motifs is 1. The Morgan fingerprint density at radius 2 is 2.15 bits per heavy atom. The van der Waals surface area contributed by atoms with Crippen LogP contribution in [-0.2, 0) is 19.5 Å². The zero-order valence-corrected chi connectivity index (χ0v) is 16.0. The van der Waals surface area contributed by atoms with Gasteiger partial charge in [0.1, 0.15) is 28.7 Å². The predicted octanol–water partition coefficient (Wildman–Crippen LogP) is 4.15. The number of hydrogen-bond acceptors (Lipinski definition) is 4. The van der Waals surface area contributed by atoms with E-state index in [0.29, 0.717) is 24.6 Å². The van der Waals surface area contributed by atoms with Crippen LogP contribution in [0.1, 0.15) is 35.1 Å². The van der Waals surface area contributed by atoms with Gasteiger partial charge < -0.3 is 15.1 Å². The molecule has 26 heavy (non-hydrogen) atoms. The summed E-state index contributed by atoms with van der Waals surface area (Å²) in [6.07, 6.45) is 2.92. The van der Waals surface area contributed by atoms with Gasteiger partial charge >= 0.3 is 0 Å². The van der Waals surface area contributed by atoms with Crippen LogP contribution in [0.25, 0.3) is 11.0 Å². The van der Waals surface area contributed by atoms with E-state index in [4.69, 9.17) is 4.42 Å². The number of guanidine groups is 1. The number of thiazole rings is 1. The van der Waals surface area contributed by atoms with Gasteiger partial charge in [-0.1, -0.05) is 6.92 Å². The van der Waals surface area contributed by atoms with Gasteiger partial charge in [-0.3, -0.25) is 0 Å². The number of aliphatic imine (C=N–C) groups is 1. The van der Waals surface area contributed by atoms with Crippen molar-refractivity contribution in [2.75, 3.05) is 6.54 Å². The van der Waals surface area contributed by atoms with Crippen molar-refractivity contribution in [1.82, 2.24) is 15.6 Å². The quantitative estimate of drug-likeness (QED) is 0.502. The molecular formula is C19H23FN4OS. The molecule has 0 aliphatic heterocycles. The first-order valence-electron chi connectivity index (χ1n) is 8.74. The topological polar surface area (TPSA) is 62.5 Å². The normalized spacial score (nSPS) is 11.9. The number of nitrogens with one attached hydrogen (secondary N) is 2. The summed E-state index contributed by atoms with van der Waals surface area (Å²) in [5, 5.41) is 8.34. The molecule has 0 aliphatic carbocycles. The third kappa shape index (κ3) is 4.22. The molecule has 0 fully saturated rings. The van der Waals surface area contributed by atoms with Gasteiger partial charge in [0.15, 0.2) is 5.96 Å². The molecule has 3 rings (SSSR count). The van der Waals surface area contributed by atoms with Gasteiger partial charge in [-0.2, -0.15) is 0 Å². The number of nitrogens with zero attached hydrogens (tertiary/aromatic N) is 2. The molecule has 3 aromatic rings. The average Bonchev–Trinajstić information content (AvgIpc) is 3.22. The number of aryl methyl sites for hydroxylation is 2. The van der Waals surface area contributed by atoms with Crippen LogP contribution in [0.3, 0.4) is 0 Å². The molecule has 7 heteroatoms. The van der Waals surface area contributed by atoms with Crippen molar-refractivity contribution in [3.63, 3.8) is 0 Å². The fourth-order valence-electron chi connectivity index (χ4n) is 2.64. The van der Waals surface area contributed by atoms with Gasteiger partial charge in [0, 0.05) is 28.6 Å². The molecule has 2 heterocycles. The lowest BCUT2D eigenvalue weighted by molar-refractivity contribution is 0.547. The van der Waals surface area contributed by atoms with Crippen LogP contribution in [-0.4, -0.2) is 17.5 Å². The van der Waals surface area contributed by atoms with Crippen molar-refractivity contribution < 1.29 is 8.81 Å². The first kappa shape index (κ1) is 18.4. The summed E-state index contributed by atoms with van der Waals surface area (Å²) in [4.78, 5) is 10.3. The van der Waals surface area contributed by atoms with Crippen molar-refractivity contribution in [3.05, 3.63) is 51.4 Å². The lowest BCUT2D eigenvalue weighted by Gasteiger charge is -2.09. The van der Waals surface area contributed by atoms with E-state index in [-0.39, 0.29) is 5.82 Å². The number of aromatic nitrogens is 1. The van der Waals surface area contributed by atoms with Crippen LogP contribution in [0.2, 0.25) is 0 Å². The number of hydrogen-bond donors (Lipinski definition) is 2. The van der Waals surface area contributed by atoms with Gasteiger partial charge in [-0.05, 0) is 38.5 Å². The van der Waals surface area contributed by atoms with Crippen molar-refractivity contribution in [3.8, 4) is 0 Å². The molecule has 0 saturated carbocycles. The van der Waals surface area contributed by atoms with Crippen molar-refractivity contribution in [2.45, 2.75) is 40.3 Å². The first-order valence-corrected chi connectivity index (χ1v) is 9.55. The van der Waals surface area contributed by atoms with Gasteiger partial charge in [-0.25, -0.2) is 14.4 Å². The molecule has 0 bridgehead atoms. The fraction of sp³-hybridized carbons (Fsp3) is 0.368. The lowest BCUT2D eigenvalue weighted by atomic mass is 10.1. The minimum atomic E-state index is -0.263. The Morgan fingerprint density at radius 3 is 2.88 bits per heavy atom. The van der Waals surface area contributed by atoms with Crippen LogP contribution in [0.5, 0.6) is 0 Å². The van der Waals surface area contributed by atoms with Crippen molar-refractivity contribution >= 4 is 28.3 Å². The Kier molecular flexibility index (Phi) is 5.88. The maximum absolute atomic E-state index is 13.4. The maximum Gasteiger partial charge on any atom is 0.192 e. The highest BCUT2D eigenvalue weighted by atomic mass is 32.1. The number of benzene rings is 1. The monoisotopic (exact) mass is 374 g/mol. The van der Waals surface area contributed by atoms with Crippen molar-refractivity contribution in [2.24, 2.45) is 4.99 Å². The lowest BCUT2D eigenvalue weighted by Crippen LogP contribution is -2.36. The highest BCUT2D eigenvalue weighted by molar-refractivity contribution is 7.11. The van der Waals surface area contributed by atoms with Crippen LogP contribution in [0.4, 0.5) is 4.39 Å². The summed E-state index contributed by atoms with van der Waals surface area (Å²) < 4.78 is 19.3. The van der Waals surface area contributed by atoms with E-state index in [9.17, 15) is 4.39 Å². The minimum Gasteiger partial charge on any atom is -0.459 e. The van der Waals surface area contributed by atoms with Crippen LogP contribution in [0, 0.1) is 12.7 Å². The molecule has 138 valence electrons. The number of furan rings is 1. The van der Waals surface area contributed by atoms with E-state index in [1.165, 1.54) is 17.0 Å². The molecule has 0 spiro atoms. The highest BCUT2D eigenvalue weighted by Crippen LogP contribution is 2.26. The van der Waals surface area contributed by atoms with Gasteiger partial charge in [0.2, 0.25) is 0 Å². The minimum absolute atomic E-state index is 0.263. The molecule has 0 atom stereocenters. The summed E-state index contributed by atoms with van der Waals surface area (Å²) in [6, 6.07) is 4.56. The van der Waals surface area contributed by atoms with Gasteiger partial charge in [0.25, 0.3) is 0 Å². The Balaban J connectivity index is 1.71. The zero-order chi connectivity index (χ0) is 18.5. The average molecular weight is 374 g/mol. The van der Waals surface area contributed by atoms with Crippen LogP contribution >= 0.6 is 11.3 Å². The third-order valence-electron chi connectivity index (χ3n) is 4.08. The number of halogens is 1. The summed E-state index contributed by atoms with van der Waals surface area (Å²) >= 11 is 1.70. The van der Waals surface area contributed by atoms with Gasteiger partial charge in [0.05, 0.1) is 6.54 Å². The van der Waals surface area contributed by atoms with E-state index in [0.717, 1.165) is 34.7 Å². The molecule has 2 aromatic heterocycles. The van der Waals surface area contributed by atoms with Crippen LogP contribution < -0.4 is 10.6 Å². The Hall–Kier alpha value is -2.41. The van der Waals surface area contributed by atoms with E-state index in [1.807, 2.05) is 20.0 Å². The van der Waals surface area contributed by atoms with Crippen molar-refractivity contribution in [1.29, 1.82) is 0 Å². The standard InChI is InChI=1S/C19H23FN4OS/c1-4-14-9-22-18(26-14)11-24-19(21-5-2)23-10-17-12(3)15-8-13(20)6-7-16(15)25-17/h6-9H,4-5,10-11H2,1-3H3,(H2,21,23,24). The predicted molar refractivity (Wildman–Crippen MR) is 104 cm³/mol. The molecule has 1 aromatic carbocycles. The van der Waals surface area contributed by atoms with E-state index >= 15 is 0 Å². The highest BCUT2D eigenvalue weighted by Gasteiger charge is 2.11. The van der Waals surface area contributed by atoms with Crippen LogP contribution in [0.15, 0.2) is 33.8 Å². The molecule has 2 N–H and O–H groups in total.